The van der Waals surface area contributed by atoms with E-state index in [0.29, 0.717) is 19.8 Å². The first-order valence-electron chi connectivity index (χ1n) is 10.3. The first-order chi connectivity index (χ1) is 14.4. The number of hydrogen-bond donors (Lipinski definition) is 1. The first kappa shape index (κ1) is 18.1. The molecular weight excluding hydrogens is 362 g/mol. The summed E-state index contributed by atoms with van der Waals surface area (Å²) in [5.41, 5.74) is 5.14. The lowest BCUT2D eigenvalue weighted by atomic mass is 9.89. The lowest BCUT2D eigenvalue weighted by Gasteiger charge is -2.30. The van der Waals surface area contributed by atoms with Crippen molar-refractivity contribution in [3.63, 3.8) is 0 Å². The number of rotatable bonds is 5. The van der Waals surface area contributed by atoms with Crippen molar-refractivity contribution < 1.29 is 14.2 Å². The van der Waals surface area contributed by atoms with E-state index >= 15 is 0 Å². The molecule has 0 aromatic heterocycles. The van der Waals surface area contributed by atoms with Crippen LogP contribution in [-0.4, -0.2) is 26.4 Å². The SMILES string of the molecule is c1ccc(CCOc2ccc(C3NCCc4cc5c(cc43)OCCO5)cc2)cc1. The highest BCUT2D eigenvalue weighted by atomic mass is 16.6. The summed E-state index contributed by atoms with van der Waals surface area (Å²) < 4.78 is 17.5. The quantitative estimate of drug-likeness (QED) is 0.708. The fraction of sp³-hybridized carbons (Fsp3) is 0.280. The lowest BCUT2D eigenvalue weighted by Crippen LogP contribution is -2.31. The first-order valence-corrected chi connectivity index (χ1v) is 10.3. The molecule has 2 heterocycles. The summed E-state index contributed by atoms with van der Waals surface area (Å²) in [4.78, 5) is 0. The maximum atomic E-state index is 5.94. The van der Waals surface area contributed by atoms with Crippen LogP contribution in [0, 0.1) is 0 Å². The molecule has 4 nitrogen and oxygen atoms in total. The van der Waals surface area contributed by atoms with E-state index in [4.69, 9.17) is 14.2 Å². The van der Waals surface area contributed by atoms with E-state index in [9.17, 15) is 0 Å². The summed E-state index contributed by atoms with van der Waals surface area (Å²) in [5.74, 6) is 2.63. The highest BCUT2D eigenvalue weighted by Gasteiger charge is 2.25. The van der Waals surface area contributed by atoms with Gasteiger partial charge in [0.25, 0.3) is 0 Å². The molecule has 148 valence electrons. The Balaban J connectivity index is 1.29. The molecule has 0 spiro atoms. The van der Waals surface area contributed by atoms with Crippen LogP contribution in [0.3, 0.4) is 0 Å². The van der Waals surface area contributed by atoms with Crippen LogP contribution in [0.5, 0.6) is 17.2 Å². The predicted molar refractivity (Wildman–Crippen MR) is 113 cm³/mol. The van der Waals surface area contributed by atoms with Gasteiger partial charge in [0, 0.05) is 13.0 Å². The Morgan fingerprint density at radius 1 is 0.897 bits per heavy atom. The minimum absolute atomic E-state index is 0.160. The van der Waals surface area contributed by atoms with Gasteiger partial charge in [-0.15, -0.1) is 0 Å². The monoisotopic (exact) mass is 387 g/mol. The zero-order chi connectivity index (χ0) is 19.5. The smallest absolute Gasteiger partial charge is 0.161 e. The third kappa shape index (κ3) is 3.94. The molecule has 0 aliphatic carbocycles. The van der Waals surface area contributed by atoms with Crippen LogP contribution in [0.2, 0.25) is 0 Å². The molecule has 1 unspecified atom stereocenters. The molecule has 29 heavy (non-hydrogen) atoms. The second kappa shape index (κ2) is 8.18. The van der Waals surface area contributed by atoms with Crippen molar-refractivity contribution in [2.24, 2.45) is 0 Å². The summed E-state index contributed by atoms with van der Waals surface area (Å²) in [5, 5.41) is 3.65. The van der Waals surface area contributed by atoms with Crippen molar-refractivity contribution >= 4 is 0 Å². The summed E-state index contributed by atoms with van der Waals surface area (Å²) in [6, 6.07) is 23.3. The van der Waals surface area contributed by atoms with Gasteiger partial charge in [-0.2, -0.15) is 0 Å². The second-order valence-corrected chi connectivity index (χ2v) is 7.48. The van der Waals surface area contributed by atoms with Crippen molar-refractivity contribution in [2.75, 3.05) is 26.4 Å². The van der Waals surface area contributed by atoms with Gasteiger partial charge < -0.3 is 19.5 Å². The largest absolute Gasteiger partial charge is 0.493 e. The van der Waals surface area contributed by atoms with Gasteiger partial charge in [0.2, 0.25) is 0 Å². The second-order valence-electron chi connectivity index (χ2n) is 7.48. The third-order valence-corrected chi connectivity index (χ3v) is 5.57. The standard InChI is InChI=1S/C25H25NO3/c1-2-4-18(5-3-1)11-13-27-21-8-6-19(7-9-21)25-22-17-24-23(28-14-15-29-24)16-20(22)10-12-26-25/h1-9,16-17,25-26H,10-15H2. The zero-order valence-corrected chi connectivity index (χ0v) is 16.4. The summed E-state index contributed by atoms with van der Waals surface area (Å²) in [6.07, 6.45) is 1.91. The number of benzene rings is 3. The van der Waals surface area contributed by atoms with Gasteiger partial charge in [-0.3, -0.25) is 0 Å². The highest BCUT2D eigenvalue weighted by Crippen LogP contribution is 2.39. The van der Waals surface area contributed by atoms with Gasteiger partial charge in [-0.05, 0) is 52.9 Å². The van der Waals surface area contributed by atoms with Gasteiger partial charge >= 0.3 is 0 Å². The molecule has 4 heteroatoms. The van der Waals surface area contributed by atoms with E-state index in [-0.39, 0.29) is 6.04 Å². The summed E-state index contributed by atoms with van der Waals surface area (Å²) in [7, 11) is 0. The Labute approximate surface area is 171 Å². The maximum absolute atomic E-state index is 5.94. The molecule has 0 saturated heterocycles. The number of hydrogen-bond acceptors (Lipinski definition) is 4. The van der Waals surface area contributed by atoms with Crippen LogP contribution in [0.15, 0.2) is 66.7 Å². The molecular formula is C25H25NO3. The minimum atomic E-state index is 0.160. The third-order valence-electron chi connectivity index (χ3n) is 5.57. The Hall–Kier alpha value is -2.98. The number of nitrogens with one attached hydrogen (secondary N) is 1. The van der Waals surface area contributed by atoms with Crippen LogP contribution < -0.4 is 19.5 Å². The van der Waals surface area contributed by atoms with Crippen molar-refractivity contribution in [1.29, 1.82) is 0 Å². The summed E-state index contributed by atoms with van der Waals surface area (Å²) >= 11 is 0. The van der Waals surface area contributed by atoms with Gasteiger partial charge in [-0.25, -0.2) is 0 Å². The van der Waals surface area contributed by atoms with Crippen molar-refractivity contribution in [2.45, 2.75) is 18.9 Å². The molecule has 3 aromatic rings. The van der Waals surface area contributed by atoms with Gasteiger partial charge in [0.05, 0.1) is 12.6 Å². The van der Waals surface area contributed by atoms with Gasteiger partial charge in [-0.1, -0.05) is 42.5 Å². The fourth-order valence-corrected chi connectivity index (χ4v) is 4.08. The molecule has 2 aliphatic rings. The van der Waals surface area contributed by atoms with Crippen LogP contribution in [0.1, 0.15) is 28.3 Å². The normalized spacial score (nSPS) is 17.4. The molecule has 0 fully saturated rings. The van der Waals surface area contributed by atoms with Crippen molar-refractivity contribution in [1.82, 2.24) is 5.32 Å². The van der Waals surface area contributed by atoms with E-state index in [1.807, 2.05) is 6.07 Å². The van der Waals surface area contributed by atoms with Crippen LogP contribution in [0.4, 0.5) is 0 Å². The Bertz CT molecular complexity index is 969. The Morgan fingerprint density at radius 3 is 2.45 bits per heavy atom. The molecule has 5 rings (SSSR count). The van der Waals surface area contributed by atoms with E-state index in [2.05, 4.69) is 66.0 Å². The predicted octanol–water partition coefficient (Wildman–Crippen LogP) is 4.31. The molecule has 0 bridgehead atoms. The Morgan fingerprint density at radius 2 is 1.66 bits per heavy atom. The van der Waals surface area contributed by atoms with Crippen LogP contribution in [-0.2, 0) is 12.8 Å². The molecule has 1 atom stereocenters. The molecule has 0 radical (unpaired) electrons. The topological polar surface area (TPSA) is 39.7 Å². The van der Waals surface area contributed by atoms with E-state index < -0.39 is 0 Å². The van der Waals surface area contributed by atoms with E-state index in [1.165, 1.54) is 22.3 Å². The Kier molecular flexibility index (Phi) is 5.10. The molecule has 1 N–H and O–H groups in total. The number of ether oxygens (including phenoxy) is 3. The maximum Gasteiger partial charge on any atom is 0.161 e. The minimum Gasteiger partial charge on any atom is -0.493 e. The molecule has 0 amide bonds. The van der Waals surface area contributed by atoms with Crippen LogP contribution in [0.25, 0.3) is 0 Å². The summed E-state index contributed by atoms with van der Waals surface area (Å²) in [6.45, 7) is 2.86. The fourth-order valence-electron chi connectivity index (χ4n) is 4.08. The molecule has 0 saturated carbocycles. The van der Waals surface area contributed by atoms with Gasteiger partial charge in [0.1, 0.15) is 19.0 Å². The van der Waals surface area contributed by atoms with Crippen molar-refractivity contribution in [3.05, 3.63) is 89.0 Å². The molecule has 2 aliphatic heterocycles. The highest BCUT2D eigenvalue weighted by molar-refractivity contribution is 5.52. The molecule has 3 aromatic carbocycles. The van der Waals surface area contributed by atoms with E-state index in [1.54, 1.807) is 0 Å². The lowest BCUT2D eigenvalue weighted by molar-refractivity contribution is 0.171. The van der Waals surface area contributed by atoms with Crippen molar-refractivity contribution in [3.8, 4) is 17.2 Å². The van der Waals surface area contributed by atoms with Crippen LogP contribution >= 0.6 is 0 Å². The zero-order valence-electron chi connectivity index (χ0n) is 16.4. The van der Waals surface area contributed by atoms with Gasteiger partial charge in [0.15, 0.2) is 11.5 Å². The average molecular weight is 387 g/mol. The average Bonchev–Trinajstić information content (AvgIpc) is 2.78. The number of fused-ring (bicyclic) bond motifs is 2. The van der Waals surface area contributed by atoms with E-state index in [0.717, 1.165) is 36.6 Å².